The number of likely N-dealkylation sites (tertiary alicyclic amines) is 2. The van der Waals surface area contributed by atoms with Gasteiger partial charge in [-0.3, -0.25) is 24.2 Å². The van der Waals surface area contributed by atoms with E-state index in [1.165, 1.54) is 0 Å². The smallest absolute Gasteiger partial charge is 0.217 e. The molecule has 2 spiro atoms. The summed E-state index contributed by atoms with van der Waals surface area (Å²) in [6, 6.07) is 4.40. The summed E-state index contributed by atoms with van der Waals surface area (Å²) in [4.78, 5) is 67.7. The van der Waals surface area contributed by atoms with Crippen LogP contribution in [-0.4, -0.2) is 123 Å². The molecular weight excluding hydrogens is 901 g/mol. The van der Waals surface area contributed by atoms with Crippen LogP contribution in [-0.2, 0) is 35.7 Å². The van der Waals surface area contributed by atoms with Gasteiger partial charge in [0.2, 0.25) is 11.8 Å². The number of hydrogen-bond donors (Lipinski definition) is 1. The summed E-state index contributed by atoms with van der Waals surface area (Å²) in [6.45, 7) is 7.57. The lowest BCUT2D eigenvalue weighted by molar-refractivity contribution is -0.146. The highest BCUT2D eigenvalue weighted by molar-refractivity contribution is 6.17. The van der Waals surface area contributed by atoms with E-state index in [1.54, 1.807) is 0 Å². The van der Waals surface area contributed by atoms with Crippen molar-refractivity contribution in [3.63, 3.8) is 0 Å². The van der Waals surface area contributed by atoms with E-state index in [2.05, 4.69) is 42.9 Å². The van der Waals surface area contributed by atoms with Crippen LogP contribution in [0.5, 0.6) is 11.8 Å². The van der Waals surface area contributed by atoms with E-state index in [9.17, 15) is 14.4 Å². The van der Waals surface area contributed by atoms with Gasteiger partial charge in [0.25, 0.3) is 0 Å². The first-order valence-corrected chi connectivity index (χ1v) is 27.3. The van der Waals surface area contributed by atoms with Gasteiger partial charge >= 0.3 is 0 Å². The molecule has 4 aliphatic heterocycles. The van der Waals surface area contributed by atoms with Crippen molar-refractivity contribution < 1.29 is 37.9 Å². The topological polar surface area (TPSA) is 198 Å². The number of fused-ring (bicyclic) bond motifs is 2. The van der Waals surface area contributed by atoms with Crippen LogP contribution in [0.25, 0.3) is 17.2 Å². The average molecular weight is 975 g/mol. The number of Topliss-reactive ketones (excluding diaryl/α,β-unsaturated/α-hetero) is 3. The number of carbonyl (C=O) groups is 3. The number of hydrogen-bond acceptors (Lipinski definition) is 16. The van der Waals surface area contributed by atoms with Crippen LogP contribution < -0.4 is 15.2 Å². The summed E-state index contributed by atoms with van der Waals surface area (Å²) >= 11 is 0. The highest BCUT2D eigenvalue weighted by Gasteiger charge is 2.53. The summed E-state index contributed by atoms with van der Waals surface area (Å²) in [5.41, 5.74) is 9.03. The molecule has 0 amide bonds. The van der Waals surface area contributed by atoms with Crippen molar-refractivity contribution in [1.29, 1.82) is 0 Å². The molecule has 9 atom stereocenters. The summed E-state index contributed by atoms with van der Waals surface area (Å²) in [5, 5.41) is 4.61. The van der Waals surface area contributed by atoms with Gasteiger partial charge in [0, 0.05) is 67.3 Å². The zero-order chi connectivity index (χ0) is 49.0. The SMILES string of the molecule is CC(Oc1cc(C2CCC(C3CC[C@@]4(CCCC(=C(N)c5nc(O[C@@H](C)[C@@H]6CCCN6C)cc(C6CCOCC6)n5)C4=O)C(=O)C3)O2)nc(-c2noc3c2CCC[C@@]32CCCCC2=O)n1)[C@@H]1CCCN1C. The minimum atomic E-state index is -1.12. The second-order valence-corrected chi connectivity index (χ2v) is 22.6. The molecule has 2 N–H and O–H groups in total. The fourth-order valence-corrected chi connectivity index (χ4v) is 14.2. The summed E-state index contributed by atoms with van der Waals surface area (Å²) in [5.74, 6) is 2.53. The van der Waals surface area contributed by atoms with Gasteiger partial charge in [-0.15, -0.1) is 0 Å². The molecule has 16 nitrogen and oxygen atoms in total. The maximum atomic E-state index is 14.8. The summed E-state index contributed by atoms with van der Waals surface area (Å²) in [7, 11) is 4.28. The van der Waals surface area contributed by atoms with E-state index in [0.29, 0.717) is 104 Å². The minimum Gasteiger partial charge on any atom is -0.473 e. The van der Waals surface area contributed by atoms with Crippen molar-refractivity contribution in [2.24, 2.45) is 17.1 Å². The number of aromatic nitrogens is 5. The molecule has 8 aliphatic rings. The van der Waals surface area contributed by atoms with E-state index in [0.717, 1.165) is 108 Å². The number of ether oxygens (including phenoxy) is 4. The Labute approximate surface area is 418 Å². The Morgan fingerprint density at radius 2 is 1.41 bits per heavy atom. The molecule has 3 aromatic heterocycles. The van der Waals surface area contributed by atoms with E-state index in [1.807, 2.05) is 12.1 Å². The molecule has 4 saturated heterocycles. The second-order valence-electron chi connectivity index (χ2n) is 22.6. The molecule has 71 heavy (non-hydrogen) atoms. The standard InChI is InChI=1S/C55H74N8O8/c1-32(40-13-9-25-62(40)3)68-46-30-38(34-19-27-67-28-20-34)57-52(59-46)48(56)36-11-7-22-54(50(36)66)24-18-35(29-45(54)65)42-16-17-43(70-42)39-31-47(69-33(2)41-14-10-26-63(41)4)60-53(58-39)49-37-12-8-23-55(51(37)71-61-49)21-6-5-15-44(55)64/h30-35,40-43H,5-29,56H2,1-4H3/t32-,33?,35?,40-,41-,42?,43?,54-,55+/m0/s1. The summed E-state index contributed by atoms with van der Waals surface area (Å²) in [6.07, 6.45) is 15.5. The molecule has 3 saturated carbocycles. The minimum absolute atomic E-state index is 0.0258. The Morgan fingerprint density at radius 3 is 2.11 bits per heavy atom. The lowest BCUT2D eigenvalue weighted by Gasteiger charge is -2.42. The van der Waals surface area contributed by atoms with Gasteiger partial charge in [-0.05, 0) is 163 Å². The van der Waals surface area contributed by atoms with E-state index < -0.39 is 10.8 Å². The van der Waals surface area contributed by atoms with Crippen LogP contribution in [0.4, 0.5) is 0 Å². The fraction of sp³-hybridized carbons (Fsp3) is 0.709. The average Bonchev–Trinajstić information content (AvgIpc) is 4.22. The van der Waals surface area contributed by atoms with Crippen LogP contribution in [0.1, 0.15) is 183 Å². The monoisotopic (exact) mass is 975 g/mol. The van der Waals surface area contributed by atoms with Gasteiger partial charge in [0.15, 0.2) is 28.9 Å². The van der Waals surface area contributed by atoms with Crippen molar-refractivity contribution in [1.82, 2.24) is 34.9 Å². The molecular formula is C55H74N8O8. The number of carbonyl (C=O) groups excluding carboxylic acids is 3. The molecule has 7 heterocycles. The molecule has 0 bridgehead atoms. The van der Waals surface area contributed by atoms with Crippen LogP contribution in [0.15, 0.2) is 22.2 Å². The molecule has 7 fully saturated rings. The highest BCUT2D eigenvalue weighted by atomic mass is 16.5. The fourth-order valence-electron chi connectivity index (χ4n) is 14.2. The molecule has 4 unspecified atom stereocenters. The second kappa shape index (κ2) is 20.0. The number of likely N-dealkylation sites (N-methyl/N-ethyl adjacent to an activating group) is 2. The van der Waals surface area contributed by atoms with Gasteiger partial charge in [-0.1, -0.05) is 11.6 Å². The molecule has 0 radical (unpaired) electrons. The Kier molecular flexibility index (Phi) is 13.7. The maximum absolute atomic E-state index is 14.8. The van der Waals surface area contributed by atoms with Crippen LogP contribution in [0.2, 0.25) is 0 Å². The molecule has 16 heteroatoms. The van der Waals surface area contributed by atoms with Crippen molar-refractivity contribution in [3.05, 3.63) is 46.2 Å². The van der Waals surface area contributed by atoms with Crippen molar-refractivity contribution in [3.8, 4) is 23.3 Å². The van der Waals surface area contributed by atoms with Gasteiger partial charge in [0.1, 0.15) is 29.9 Å². The first-order valence-electron chi connectivity index (χ1n) is 27.3. The van der Waals surface area contributed by atoms with E-state index in [4.69, 9.17) is 49.1 Å². The van der Waals surface area contributed by atoms with Gasteiger partial charge < -0.3 is 29.2 Å². The molecule has 382 valence electrons. The molecule has 0 aromatic carbocycles. The normalized spacial score (nSPS) is 32.7. The highest BCUT2D eigenvalue weighted by Crippen LogP contribution is 2.51. The number of nitrogens with two attached hydrogens (primary N) is 1. The summed E-state index contributed by atoms with van der Waals surface area (Å²) < 4.78 is 32.0. The third-order valence-electron chi connectivity index (χ3n) is 18.3. The lowest BCUT2D eigenvalue weighted by Crippen LogP contribution is -2.48. The zero-order valence-corrected chi connectivity index (χ0v) is 42.4. The van der Waals surface area contributed by atoms with E-state index >= 15 is 0 Å². The largest absolute Gasteiger partial charge is 0.473 e. The maximum Gasteiger partial charge on any atom is 0.217 e. The Hall–Kier alpha value is -4.64. The lowest BCUT2D eigenvalue weighted by atomic mass is 9.59. The Morgan fingerprint density at radius 1 is 0.718 bits per heavy atom. The number of nitrogens with zero attached hydrogens (tertiary/aromatic N) is 7. The van der Waals surface area contributed by atoms with Crippen LogP contribution >= 0.6 is 0 Å². The van der Waals surface area contributed by atoms with Gasteiger partial charge in [0.05, 0.1) is 34.0 Å². The van der Waals surface area contributed by atoms with Crippen molar-refractivity contribution in [2.45, 2.75) is 197 Å². The molecule has 4 aliphatic carbocycles. The Bertz CT molecular complexity index is 2540. The zero-order valence-electron chi connectivity index (χ0n) is 42.4. The first kappa shape index (κ1) is 48.6. The predicted molar refractivity (Wildman–Crippen MR) is 264 cm³/mol. The molecule has 11 rings (SSSR count). The van der Waals surface area contributed by atoms with Gasteiger partial charge in [-0.25, -0.2) is 9.97 Å². The Balaban J connectivity index is 0.821. The number of rotatable bonds is 11. The quantitative estimate of drug-likeness (QED) is 0.143. The number of ketones is 3. The number of allylic oxidation sites excluding steroid dienone is 1. The molecule has 3 aromatic rings. The van der Waals surface area contributed by atoms with Crippen molar-refractivity contribution in [2.75, 3.05) is 40.4 Å². The van der Waals surface area contributed by atoms with Crippen LogP contribution in [0, 0.1) is 11.3 Å². The first-order chi connectivity index (χ1) is 34.4. The third-order valence-corrected chi connectivity index (χ3v) is 18.3. The van der Waals surface area contributed by atoms with E-state index in [-0.39, 0.29) is 77.8 Å². The van der Waals surface area contributed by atoms with Crippen LogP contribution in [0.3, 0.4) is 0 Å². The van der Waals surface area contributed by atoms with Gasteiger partial charge in [-0.2, -0.15) is 9.97 Å². The predicted octanol–water partition coefficient (Wildman–Crippen LogP) is 7.95. The third kappa shape index (κ3) is 9.15. The van der Waals surface area contributed by atoms with Crippen molar-refractivity contribution >= 4 is 23.0 Å².